The van der Waals surface area contributed by atoms with Crippen LogP contribution in [0.3, 0.4) is 0 Å². The number of aromatic nitrogens is 1. The molecule has 0 bridgehead atoms. The molecule has 106 valence electrons. The molecule has 1 atom stereocenters. The highest BCUT2D eigenvalue weighted by atomic mass is 16.2. The van der Waals surface area contributed by atoms with Crippen LogP contribution in [0.25, 0.3) is 0 Å². The average molecular weight is 263 g/mol. The summed E-state index contributed by atoms with van der Waals surface area (Å²) in [4.78, 5) is 14.5. The number of piperidine rings is 1. The molecule has 4 heteroatoms. The van der Waals surface area contributed by atoms with Crippen molar-refractivity contribution in [2.75, 3.05) is 19.6 Å². The van der Waals surface area contributed by atoms with Gasteiger partial charge in [-0.25, -0.2) is 0 Å². The number of hydrogen-bond donors (Lipinski definition) is 1. The number of carbonyl (C=O) groups excluding carboxylic acids is 1. The summed E-state index contributed by atoms with van der Waals surface area (Å²) in [7, 11) is 1.93. The van der Waals surface area contributed by atoms with Gasteiger partial charge in [-0.1, -0.05) is 13.8 Å². The van der Waals surface area contributed by atoms with E-state index in [9.17, 15) is 4.79 Å². The fourth-order valence-electron chi connectivity index (χ4n) is 2.66. The van der Waals surface area contributed by atoms with Crippen molar-refractivity contribution in [2.45, 2.75) is 32.7 Å². The molecule has 1 aromatic heterocycles. The zero-order valence-corrected chi connectivity index (χ0v) is 12.2. The quantitative estimate of drug-likeness (QED) is 0.900. The van der Waals surface area contributed by atoms with Crippen LogP contribution in [-0.4, -0.2) is 41.1 Å². The second-order valence-electron chi connectivity index (χ2n) is 5.83. The van der Waals surface area contributed by atoms with Crippen LogP contribution in [-0.2, 0) is 7.05 Å². The predicted octanol–water partition coefficient (Wildman–Crippen LogP) is 1.88. The molecular formula is C15H25N3O. The van der Waals surface area contributed by atoms with Crippen molar-refractivity contribution in [3.8, 4) is 0 Å². The van der Waals surface area contributed by atoms with Crippen molar-refractivity contribution in [3.05, 3.63) is 24.0 Å². The predicted molar refractivity (Wildman–Crippen MR) is 77.2 cm³/mol. The molecule has 2 rings (SSSR count). The summed E-state index contributed by atoms with van der Waals surface area (Å²) < 4.78 is 1.90. The van der Waals surface area contributed by atoms with E-state index in [1.54, 1.807) is 0 Å². The first-order chi connectivity index (χ1) is 9.08. The zero-order chi connectivity index (χ0) is 13.8. The van der Waals surface area contributed by atoms with Gasteiger partial charge in [0.05, 0.1) is 0 Å². The summed E-state index contributed by atoms with van der Waals surface area (Å²) in [5, 5.41) is 3.48. The van der Waals surface area contributed by atoms with E-state index in [-0.39, 0.29) is 5.91 Å². The van der Waals surface area contributed by atoms with Gasteiger partial charge in [-0.2, -0.15) is 0 Å². The molecule has 19 heavy (non-hydrogen) atoms. The van der Waals surface area contributed by atoms with Crippen LogP contribution in [0.15, 0.2) is 18.3 Å². The fraction of sp³-hybridized carbons (Fsp3) is 0.667. The summed E-state index contributed by atoms with van der Waals surface area (Å²) in [6.45, 7) is 7.10. The van der Waals surface area contributed by atoms with Crippen LogP contribution >= 0.6 is 0 Å². The molecule has 1 aromatic rings. The Morgan fingerprint density at radius 2 is 2.32 bits per heavy atom. The minimum Gasteiger partial charge on any atom is -0.347 e. The molecule has 1 saturated heterocycles. The number of nitrogens with one attached hydrogen (secondary N) is 1. The summed E-state index contributed by atoms with van der Waals surface area (Å²) in [6.07, 6.45) is 4.26. The molecule has 1 aliphatic rings. The van der Waals surface area contributed by atoms with Gasteiger partial charge in [0.2, 0.25) is 0 Å². The number of nitrogens with zero attached hydrogens (tertiary/aromatic N) is 2. The molecule has 1 unspecified atom stereocenters. The second kappa shape index (κ2) is 6.24. The number of amides is 1. The number of carbonyl (C=O) groups is 1. The first-order valence-corrected chi connectivity index (χ1v) is 7.22. The molecule has 1 fully saturated rings. The topological polar surface area (TPSA) is 37.3 Å². The molecule has 0 radical (unpaired) electrons. The monoisotopic (exact) mass is 263 g/mol. The summed E-state index contributed by atoms with van der Waals surface area (Å²) >= 11 is 0. The molecule has 0 aliphatic carbocycles. The van der Waals surface area contributed by atoms with Gasteiger partial charge in [-0.3, -0.25) is 4.79 Å². The lowest BCUT2D eigenvalue weighted by molar-refractivity contribution is 0.0662. The largest absolute Gasteiger partial charge is 0.347 e. The molecule has 2 heterocycles. The lowest BCUT2D eigenvalue weighted by Gasteiger charge is -2.33. The molecular weight excluding hydrogens is 238 g/mol. The van der Waals surface area contributed by atoms with E-state index in [0.29, 0.717) is 12.0 Å². The Labute approximate surface area is 115 Å². The first kappa shape index (κ1) is 14.1. The van der Waals surface area contributed by atoms with Crippen molar-refractivity contribution >= 4 is 5.91 Å². The number of rotatable bonds is 4. The van der Waals surface area contributed by atoms with E-state index in [2.05, 4.69) is 19.2 Å². The van der Waals surface area contributed by atoms with Gasteiger partial charge in [0.1, 0.15) is 5.69 Å². The van der Waals surface area contributed by atoms with Gasteiger partial charge in [-0.05, 0) is 37.4 Å². The summed E-state index contributed by atoms with van der Waals surface area (Å²) in [5.41, 5.74) is 0.789. The van der Waals surface area contributed by atoms with Gasteiger partial charge in [0, 0.05) is 32.4 Å². The molecule has 0 saturated carbocycles. The van der Waals surface area contributed by atoms with Crippen molar-refractivity contribution in [1.29, 1.82) is 0 Å². The smallest absolute Gasteiger partial charge is 0.270 e. The minimum absolute atomic E-state index is 0.168. The normalized spacial score (nSPS) is 20.0. The average Bonchev–Trinajstić information content (AvgIpc) is 2.82. The second-order valence-corrected chi connectivity index (χ2v) is 5.83. The van der Waals surface area contributed by atoms with Gasteiger partial charge in [0.25, 0.3) is 5.91 Å². The Kier molecular flexibility index (Phi) is 4.64. The first-order valence-electron chi connectivity index (χ1n) is 7.22. The molecule has 0 spiro atoms. The van der Waals surface area contributed by atoms with Crippen molar-refractivity contribution in [2.24, 2.45) is 13.0 Å². The Balaban J connectivity index is 1.94. The van der Waals surface area contributed by atoms with Gasteiger partial charge in [0.15, 0.2) is 0 Å². The SMILES string of the molecule is CC(C)NCC1CCCN(C(=O)c2cccn2C)C1. The lowest BCUT2D eigenvalue weighted by Crippen LogP contribution is -2.44. The Morgan fingerprint density at radius 1 is 1.53 bits per heavy atom. The zero-order valence-electron chi connectivity index (χ0n) is 12.2. The van der Waals surface area contributed by atoms with E-state index in [1.807, 2.05) is 34.8 Å². The van der Waals surface area contributed by atoms with Gasteiger partial charge in [-0.15, -0.1) is 0 Å². The van der Waals surface area contributed by atoms with Crippen LogP contribution < -0.4 is 5.32 Å². The third-order valence-corrected chi connectivity index (χ3v) is 3.78. The molecule has 1 aliphatic heterocycles. The molecule has 1 amide bonds. The van der Waals surface area contributed by atoms with E-state index in [1.165, 1.54) is 6.42 Å². The third kappa shape index (κ3) is 3.60. The maximum Gasteiger partial charge on any atom is 0.270 e. The van der Waals surface area contributed by atoms with Crippen molar-refractivity contribution in [3.63, 3.8) is 0 Å². The van der Waals surface area contributed by atoms with E-state index >= 15 is 0 Å². The van der Waals surface area contributed by atoms with Gasteiger partial charge >= 0.3 is 0 Å². The van der Waals surface area contributed by atoms with E-state index < -0.39 is 0 Å². The summed E-state index contributed by atoms with van der Waals surface area (Å²) in [6, 6.07) is 4.34. The maximum atomic E-state index is 12.5. The minimum atomic E-state index is 0.168. The van der Waals surface area contributed by atoms with E-state index in [0.717, 1.165) is 31.7 Å². The Bertz CT molecular complexity index is 425. The van der Waals surface area contributed by atoms with Crippen LogP contribution in [0.2, 0.25) is 0 Å². The standard InChI is InChI=1S/C15H25N3O/c1-12(2)16-10-13-6-4-9-18(11-13)15(19)14-7-5-8-17(14)3/h5,7-8,12-13,16H,4,6,9-11H2,1-3H3. The van der Waals surface area contributed by atoms with Crippen LogP contribution in [0, 0.1) is 5.92 Å². The van der Waals surface area contributed by atoms with Gasteiger partial charge < -0.3 is 14.8 Å². The van der Waals surface area contributed by atoms with Crippen LogP contribution in [0.4, 0.5) is 0 Å². The molecule has 4 nitrogen and oxygen atoms in total. The Hall–Kier alpha value is -1.29. The molecule has 1 N–H and O–H groups in total. The van der Waals surface area contributed by atoms with Crippen LogP contribution in [0.5, 0.6) is 0 Å². The summed E-state index contributed by atoms with van der Waals surface area (Å²) in [5.74, 6) is 0.752. The highest BCUT2D eigenvalue weighted by molar-refractivity contribution is 5.92. The number of hydrogen-bond acceptors (Lipinski definition) is 2. The lowest BCUT2D eigenvalue weighted by atomic mass is 9.97. The maximum absolute atomic E-state index is 12.5. The highest BCUT2D eigenvalue weighted by Gasteiger charge is 2.25. The van der Waals surface area contributed by atoms with Crippen molar-refractivity contribution < 1.29 is 4.79 Å². The number of aryl methyl sites for hydroxylation is 1. The molecule has 0 aromatic carbocycles. The third-order valence-electron chi connectivity index (χ3n) is 3.78. The van der Waals surface area contributed by atoms with Crippen LogP contribution in [0.1, 0.15) is 37.2 Å². The number of likely N-dealkylation sites (tertiary alicyclic amines) is 1. The van der Waals surface area contributed by atoms with Crippen molar-refractivity contribution in [1.82, 2.24) is 14.8 Å². The fourth-order valence-corrected chi connectivity index (χ4v) is 2.66. The highest BCUT2D eigenvalue weighted by Crippen LogP contribution is 2.18. The van der Waals surface area contributed by atoms with E-state index in [4.69, 9.17) is 0 Å². The Morgan fingerprint density at radius 3 is 2.95 bits per heavy atom.